The highest BCUT2D eigenvalue weighted by atomic mass is 32.2. The molecule has 4 heteroatoms. The number of hydrogen-bond acceptors (Lipinski definition) is 4. The van der Waals surface area contributed by atoms with Crippen LogP contribution in [0.2, 0.25) is 0 Å². The monoisotopic (exact) mass is 466 g/mol. The van der Waals surface area contributed by atoms with Crippen LogP contribution in [0, 0.1) is 0 Å². The van der Waals surface area contributed by atoms with E-state index in [1.807, 2.05) is 23.5 Å². The summed E-state index contributed by atoms with van der Waals surface area (Å²) in [5.74, 6) is 0. The van der Waals surface area contributed by atoms with Crippen molar-refractivity contribution in [1.82, 2.24) is 0 Å². The first-order chi connectivity index (χ1) is 16.1. The Morgan fingerprint density at radius 3 is 2.15 bits per heavy atom. The van der Waals surface area contributed by atoms with E-state index in [9.17, 15) is 0 Å². The molecule has 0 saturated carbocycles. The van der Waals surface area contributed by atoms with Crippen LogP contribution in [0.3, 0.4) is 0 Å². The maximum Gasteiger partial charge on any atom is 0.0985 e. The van der Waals surface area contributed by atoms with E-state index in [1.54, 1.807) is 0 Å². The predicted molar refractivity (Wildman–Crippen MR) is 147 cm³/mol. The third kappa shape index (κ3) is 3.44. The molecule has 2 nitrogen and oxygen atoms in total. The molecule has 0 aliphatic carbocycles. The Balaban J connectivity index is 1.33. The zero-order valence-corrected chi connectivity index (χ0v) is 20.7. The van der Waals surface area contributed by atoms with E-state index in [0.717, 1.165) is 6.42 Å². The smallest absolute Gasteiger partial charge is 0.0985 e. The van der Waals surface area contributed by atoms with E-state index in [1.165, 1.54) is 53.3 Å². The van der Waals surface area contributed by atoms with Gasteiger partial charge in [-0.1, -0.05) is 91.1 Å². The van der Waals surface area contributed by atoms with Gasteiger partial charge in [-0.05, 0) is 47.1 Å². The van der Waals surface area contributed by atoms with Gasteiger partial charge >= 0.3 is 0 Å². The minimum atomic E-state index is 0.303. The first kappa shape index (κ1) is 20.8. The molecule has 0 bridgehead atoms. The van der Waals surface area contributed by atoms with Crippen molar-refractivity contribution in [2.45, 2.75) is 28.5 Å². The summed E-state index contributed by atoms with van der Waals surface area (Å²) >= 11 is 3.83. The Labute approximate surface area is 204 Å². The van der Waals surface area contributed by atoms with Crippen LogP contribution in [0.15, 0.2) is 105 Å². The summed E-state index contributed by atoms with van der Waals surface area (Å²) < 4.78 is 0. The second-order valence-electron chi connectivity index (χ2n) is 8.62. The lowest BCUT2D eigenvalue weighted by molar-refractivity contribution is 0.977. The molecule has 4 aromatic carbocycles. The minimum Gasteiger partial charge on any atom is -0.357 e. The van der Waals surface area contributed by atoms with E-state index in [4.69, 9.17) is 0 Å². The molecule has 0 fully saturated rings. The molecular weight excluding hydrogens is 440 g/mol. The number of thioether (sulfide) groups is 2. The molecule has 0 radical (unpaired) electrons. The summed E-state index contributed by atoms with van der Waals surface area (Å²) in [6.45, 7) is 2.26. The summed E-state index contributed by atoms with van der Waals surface area (Å²) in [6.07, 6.45) is 5.84. The normalized spacial score (nSPS) is 19.1. The number of nitrogens with zero attached hydrogens (tertiary/aromatic N) is 2. The lowest BCUT2D eigenvalue weighted by Crippen LogP contribution is -2.22. The third-order valence-corrected chi connectivity index (χ3v) is 9.09. The van der Waals surface area contributed by atoms with E-state index < -0.39 is 0 Å². The zero-order chi connectivity index (χ0) is 22.5. The van der Waals surface area contributed by atoms with Gasteiger partial charge in [-0.3, -0.25) is 0 Å². The van der Waals surface area contributed by atoms with Gasteiger partial charge in [-0.25, -0.2) is 0 Å². The lowest BCUT2D eigenvalue weighted by Gasteiger charge is -2.21. The number of likely N-dealkylation sites (N-methyl/N-ethyl adjacent to an activating group) is 1. The summed E-state index contributed by atoms with van der Waals surface area (Å²) in [5, 5.41) is 6.86. The average Bonchev–Trinajstić information content (AvgIpc) is 3.35. The predicted octanol–water partition coefficient (Wildman–Crippen LogP) is 8.28. The number of benzene rings is 4. The molecule has 2 heterocycles. The third-order valence-electron chi connectivity index (χ3n) is 6.66. The quantitative estimate of drug-likeness (QED) is 0.299. The summed E-state index contributed by atoms with van der Waals surface area (Å²) in [7, 11) is 4.42. The first-order valence-corrected chi connectivity index (χ1v) is 13.1. The van der Waals surface area contributed by atoms with Gasteiger partial charge in [0.2, 0.25) is 0 Å². The van der Waals surface area contributed by atoms with Crippen molar-refractivity contribution in [2.75, 3.05) is 23.9 Å². The van der Waals surface area contributed by atoms with Gasteiger partial charge in [0.25, 0.3) is 0 Å². The molecule has 0 spiro atoms. The lowest BCUT2D eigenvalue weighted by atomic mass is 10.1. The van der Waals surface area contributed by atoms with E-state index in [0.29, 0.717) is 5.37 Å². The second kappa shape index (κ2) is 8.19. The zero-order valence-electron chi connectivity index (χ0n) is 19.1. The van der Waals surface area contributed by atoms with Crippen LogP contribution in [0.25, 0.3) is 21.5 Å². The van der Waals surface area contributed by atoms with Crippen LogP contribution in [-0.4, -0.2) is 19.5 Å². The Morgan fingerprint density at radius 2 is 1.45 bits per heavy atom. The molecule has 0 aromatic heterocycles. The average molecular weight is 467 g/mol. The summed E-state index contributed by atoms with van der Waals surface area (Å²) in [6, 6.07) is 26.4. The van der Waals surface area contributed by atoms with Gasteiger partial charge in [0.15, 0.2) is 0 Å². The number of allylic oxidation sites excluding steroid dienone is 2. The number of anilines is 2. The number of hydrogen-bond donors (Lipinski definition) is 0. The molecule has 33 heavy (non-hydrogen) atoms. The Morgan fingerprint density at radius 1 is 0.818 bits per heavy atom. The van der Waals surface area contributed by atoms with Crippen LogP contribution in [0.4, 0.5) is 11.4 Å². The van der Waals surface area contributed by atoms with Crippen LogP contribution in [-0.2, 0) is 0 Å². The van der Waals surface area contributed by atoms with Crippen molar-refractivity contribution >= 4 is 56.4 Å². The van der Waals surface area contributed by atoms with Crippen LogP contribution < -0.4 is 9.80 Å². The largest absolute Gasteiger partial charge is 0.357 e. The van der Waals surface area contributed by atoms with Crippen LogP contribution in [0.5, 0.6) is 0 Å². The molecule has 164 valence electrons. The minimum absolute atomic E-state index is 0.303. The molecular formula is C29H26N2S2. The van der Waals surface area contributed by atoms with Crippen molar-refractivity contribution < 1.29 is 0 Å². The van der Waals surface area contributed by atoms with Crippen molar-refractivity contribution in [3.05, 3.63) is 95.6 Å². The van der Waals surface area contributed by atoms with Crippen molar-refractivity contribution in [2.24, 2.45) is 0 Å². The highest BCUT2D eigenvalue weighted by Gasteiger charge is 2.28. The fraction of sp³-hybridized carbons (Fsp3) is 0.172. The molecule has 0 amide bonds. The van der Waals surface area contributed by atoms with Crippen LogP contribution >= 0.6 is 23.5 Å². The van der Waals surface area contributed by atoms with Gasteiger partial charge in [0.1, 0.15) is 0 Å². The number of fused-ring (bicyclic) bond motifs is 6. The van der Waals surface area contributed by atoms with Crippen molar-refractivity contribution in [1.29, 1.82) is 0 Å². The molecule has 2 aliphatic heterocycles. The molecule has 1 unspecified atom stereocenters. The maximum atomic E-state index is 2.45. The fourth-order valence-corrected chi connectivity index (χ4v) is 7.29. The van der Waals surface area contributed by atoms with Gasteiger partial charge in [0, 0.05) is 34.7 Å². The maximum absolute atomic E-state index is 2.45. The first-order valence-electron chi connectivity index (χ1n) is 11.4. The Bertz CT molecular complexity index is 1450. The Hall–Kier alpha value is -2.82. The van der Waals surface area contributed by atoms with Crippen LogP contribution in [0.1, 0.15) is 13.3 Å². The van der Waals surface area contributed by atoms with E-state index >= 15 is 0 Å². The summed E-state index contributed by atoms with van der Waals surface area (Å²) in [5.41, 5.74) is 4.06. The standard InChI is InChI=1S/C29H26N2S2/c1-4-19(17-26-30(2)28-22-11-7-5-9-20(22)13-15-24(28)32-26)18-27-31(3)29-23-12-8-6-10-21(23)14-16-25(29)33-27/h5-18,26H,4H2,1-3H3. The van der Waals surface area contributed by atoms with Crippen molar-refractivity contribution in [3.8, 4) is 0 Å². The van der Waals surface area contributed by atoms with Gasteiger partial charge in [-0.15, -0.1) is 0 Å². The molecule has 6 rings (SSSR count). The van der Waals surface area contributed by atoms with Crippen molar-refractivity contribution in [3.63, 3.8) is 0 Å². The molecule has 2 aliphatic rings. The van der Waals surface area contributed by atoms with Gasteiger partial charge < -0.3 is 9.80 Å². The highest BCUT2D eigenvalue weighted by molar-refractivity contribution is 8.03. The van der Waals surface area contributed by atoms with E-state index in [2.05, 4.69) is 116 Å². The summed E-state index contributed by atoms with van der Waals surface area (Å²) in [4.78, 5) is 7.50. The number of rotatable bonds is 3. The second-order valence-corrected chi connectivity index (χ2v) is 10.8. The SMILES string of the molecule is CCC(=CC1Sc2ccc3ccccc3c2N1C)C=C1Sc2ccc3ccccc3c2N1C. The highest BCUT2D eigenvalue weighted by Crippen LogP contribution is 2.50. The molecule has 0 N–H and O–H groups in total. The molecule has 0 saturated heterocycles. The van der Waals surface area contributed by atoms with Gasteiger partial charge in [0.05, 0.1) is 21.8 Å². The van der Waals surface area contributed by atoms with Gasteiger partial charge in [-0.2, -0.15) is 0 Å². The fourth-order valence-electron chi connectivity index (χ4n) is 4.87. The molecule has 1 atom stereocenters. The topological polar surface area (TPSA) is 6.48 Å². The van der Waals surface area contributed by atoms with E-state index in [-0.39, 0.29) is 0 Å². The molecule has 4 aromatic rings. The Kier molecular flexibility index (Phi) is 5.16.